The highest BCUT2D eigenvalue weighted by molar-refractivity contribution is 5.89. The molecule has 3 nitrogen and oxygen atoms in total. The van der Waals surface area contributed by atoms with Crippen LogP contribution in [0.5, 0.6) is 0 Å². The highest BCUT2D eigenvalue weighted by atomic mass is 19.1. The molecule has 2 atom stereocenters. The van der Waals surface area contributed by atoms with Crippen LogP contribution in [-0.4, -0.2) is 28.6 Å². The van der Waals surface area contributed by atoms with E-state index in [1.807, 2.05) is 0 Å². The predicted octanol–water partition coefficient (Wildman–Crippen LogP) is 3.14. The van der Waals surface area contributed by atoms with Gasteiger partial charge in [0.05, 0.1) is 5.56 Å². The van der Waals surface area contributed by atoms with Gasteiger partial charge in [0.15, 0.2) is 0 Å². The first-order valence-corrected chi connectivity index (χ1v) is 6.73. The number of halogens is 1. The van der Waals surface area contributed by atoms with Crippen LogP contribution in [0.3, 0.4) is 0 Å². The Bertz CT molecular complexity index is 475. The van der Waals surface area contributed by atoms with Crippen molar-refractivity contribution in [3.63, 3.8) is 0 Å². The zero-order chi connectivity index (χ0) is 14.0. The van der Waals surface area contributed by atoms with E-state index >= 15 is 0 Å². The summed E-state index contributed by atoms with van der Waals surface area (Å²) in [6, 6.07) is 4.47. The molecule has 2 unspecified atom stereocenters. The molecule has 0 amide bonds. The second-order valence-electron chi connectivity index (χ2n) is 5.56. The average Bonchev–Trinajstić information content (AvgIpc) is 2.34. The Morgan fingerprint density at radius 2 is 2.21 bits per heavy atom. The predicted molar refractivity (Wildman–Crippen MR) is 71.6 cm³/mol. The first-order valence-electron chi connectivity index (χ1n) is 6.73. The molecule has 1 aromatic rings. The van der Waals surface area contributed by atoms with Crippen LogP contribution in [0.25, 0.3) is 0 Å². The van der Waals surface area contributed by atoms with Crippen molar-refractivity contribution in [2.75, 3.05) is 6.54 Å². The fourth-order valence-corrected chi connectivity index (χ4v) is 2.80. The van der Waals surface area contributed by atoms with E-state index in [1.54, 1.807) is 6.07 Å². The number of piperidine rings is 1. The van der Waals surface area contributed by atoms with Crippen LogP contribution in [0.15, 0.2) is 18.2 Å². The fraction of sp³-hybridized carbons (Fsp3) is 0.533. The smallest absolute Gasteiger partial charge is 0.336 e. The summed E-state index contributed by atoms with van der Waals surface area (Å²) in [5, 5.41) is 9.14. The lowest BCUT2D eigenvalue weighted by atomic mass is 9.92. The Kier molecular flexibility index (Phi) is 4.20. The van der Waals surface area contributed by atoms with Gasteiger partial charge in [-0.05, 0) is 49.9 Å². The van der Waals surface area contributed by atoms with E-state index in [2.05, 4.69) is 18.7 Å². The minimum atomic E-state index is -1.06. The standard InChI is InChI=1S/C15H20FNO2/c1-10-5-6-17(11(2)7-10)9-12-3-4-13(16)8-14(12)15(18)19/h3-4,8,10-11H,5-7,9H2,1-2H3,(H,18,19). The Balaban J connectivity index is 2.17. The molecule has 1 aliphatic heterocycles. The zero-order valence-corrected chi connectivity index (χ0v) is 11.4. The van der Waals surface area contributed by atoms with Crippen LogP contribution in [0.1, 0.15) is 42.6 Å². The Morgan fingerprint density at radius 1 is 1.47 bits per heavy atom. The summed E-state index contributed by atoms with van der Waals surface area (Å²) >= 11 is 0. The number of aromatic carboxylic acids is 1. The maximum Gasteiger partial charge on any atom is 0.336 e. The molecule has 1 aromatic carbocycles. The third-order valence-electron chi connectivity index (χ3n) is 3.95. The minimum Gasteiger partial charge on any atom is -0.478 e. The van der Waals surface area contributed by atoms with E-state index in [-0.39, 0.29) is 5.56 Å². The highest BCUT2D eigenvalue weighted by Crippen LogP contribution is 2.25. The van der Waals surface area contributed by atoms with E-state index in [9.17, 15) is 9.18 Å². The highest BCUT2D eigenvalue weighted by Gasteiger charge is 2.24. The number of nitrogens with zero attached hydrogens (tertiary/aromatic N) is 1. The first kappa shape index (κ1) is 14.0. The maximum absolute atomic E-state index is 13.1. The molecule has 19 heavy (non-hydrogen) atoms. The van der Waals surface area contributed by atoms with Gasteiger partial charge in [-0.2, -0.15) is 0 Å². The molecule has 1 aliphatic rings. The summed E-state index contributed by atoms with van der Waals surface area (Å²) in [6.45, 7) is 5.96. The van der Waals surface area contributed by atoms with Crippen LogP contribution >= 0.6 is 0 Å². The van der Waals surface area contributed by atoms with Gasteiger partial charge in [-0.1, -0.05) is 13.0 Å². The molecule has 0 aliphatic carbocycles. The molecule has 0 aromatic heterocycles. The van der Waals surface area contributed by atoms with Gasteiger partial charge in [0.2, 0.25) is 0 Å². The van der Waals surface area contributed by atoms with Gasteiger partial charge in [0.25, 0.3) is 0 Å². The Labute approximate surface area is 113 Å². The number of carboxylic acids is 1. The van der Waals surface area contributed by atoms with Gasteiger partial charge >= 0.3 is 5.97 Å². The average molecular weight is 265 g/mol. The van der Waals surface area contributed by atoms with Gasteiger partial charge in [-0.3, -0.25) is 4.90 Å². The van der Waals surface area contributed by atoms with Crippen molar-refractivity contribution in [3.8, 4) is 0 Å². The number of hydrogen-bond acceptors (Lipinski definition) is 2. The number of likely N-dealkylation sites (tertiary alicyclic amines) is 1. The largest absolute Gasteiger partial charge is 0.478 e. The lowest BCUT2D eigenvalue weighted by molar-refractivity contribution is 0.0690. The molecule has 0 bridgehead atoms. The summed E-state index contributed by atoms with van der Waals surface area (Å²) in [5.41, 5.74) is 0.765. The van der Waals surface area contributed by atoms with E-state index < -0.39 is 11.8 Å². The van der Waals surface area contributed by atoms with Gasteiger partial charge in [-0.25, -0.2) is 9.18 Å². The van der Waals surface area contributed by atoms with Crippen molar-refractivity contribution in [2.45, 2.75) is 39.3 Å². The number of carboxylic acid groups (broad SMARTS) is 1. The lowest BCUT2D eigenvalue weighted by Crippen LogP contribution is -2.39. The second-order valence-corrected chi connectivity index (χ2v) is 5.56. The fourth-order valence-electron chi connectivity index (χ4n) is 2.80. The van der Waals surface area contributed by atoms with Crippen LogP contribution in [0.4, 0.5) is 4.39 Å². The molecule has 0 radical (unpaired) electrons. The van der Waals surface area contributed by atoms with Crippen molar-refractivity contribution in [1.82, 2.24) is 4.90 Å². The summed E-state index contributed by atoms with van der Waals surface area (Å²) in [5.74, 6) is -0.840. The zero-order valence-electron chi connectivity index (χ0n) is 11.4. The summed E-state index contributed by atoms with van der Waals surface area (Å²) in [6.07, 6.45) is 2.26. The molecule has 0 spiro atoms. The first-order chi connectivity index (χ1) is 8.97. The third kappa shape index (κ3) is 3.32. The molecule has 1 saturated heterocycles. The second kappa shape index (κ2) is 5.70. The van der Waals surface area contributed by atoms with Crippen LogP contribution < -0.4 is 0 Å². The van der Waals surface area contributed by atoms with Crippen LogP contribution in [0.2, 0.25) is 0 Å². The SMILES string of the molecule is CC1CCN(Cc2ccc(F)cc2C(=O)O)C(C)C1. The summed E-state index contributed by atoms with van der Waals surface area (Å²) < 4.78 is 13.1. The van der Waals surface area contributed by atoms with Gasteiger partial charge < -0.3 is 5.11 Å². The van der Waals surface area contributed by atoms with Crippen molar-refractivity contribution < 1.29 is 14.3 Å². The Hall–Kier alpha value is -1.42. The molecule has 1 N–H and O–H groups in total. The molecular formula is C15H20FNO2. The molecule has 1 heterocycles. The number of rotatable bonds is 3. The van der Waals surface area contributed by atoms with E-state index in [1.165, 1.54) is 6.07 Å². The topological polar surface area (TPSA) is 40.5 Å². The van der Waals surface area contributed by atoms with Crippen molar-refractivity contribution in [1.29, 1.82) is 0 Å². The minimum absolute atomic E-state index is 0.0748. The van der Waals surface area contributed by atoms with E-state index in [0.717, 1.165) is 31.4 Å². The lowest BCUT2D eigenvalue weighted by Gasteiger charge is -2.36. The maximum atomic E-state index is 13.1. The van der Waals surface area contributed by atoms with Crippen molar-refractivity contribution >= 4 is 5.97 Å². The number of hydrogen-bond donors (Lipinski definition) is 1. The molecule has 0 saturated carbocycles. The molecule has 2 rings (SSSR count). The van der Waals surface area contributed by atoms with E-state index in [0.29, 0.717) is 18.2 Å². The molecule has 4 heteroatoms. The molecular weight excluding hydrogens is 245 g/mol. The van der Waals surface area contributed by atoms with Gasteiger partial charge in [0.1, 0.15) is 5.82 Å². The third-order valence-corrected chi connectivity index (χ3v) is 3.95. The van der Waals surface area contributed by atoms with E-state index in [4.69, 9.17) is 5.11 Å². The molecule has 1 fully saturated rings. The molecule has 104 valence electrons. The van der Waals surface area contributed by atoms with Crippen molar-refractivity contribution in [2.24, 2.45) is 5.92 Å². The summed E-state index contributed by atoms with van der Waals surface area (Å²) in [7, 11) is 0. The number of carbonyl (C=O) groups is 1. The van der Waals surface area contributed by atoms with Crippen molar-refractivity contribution in [3.05, 3.63) is 35.1 Å². The quantitative estimate of drug-likeness (QED) is 0.912. The van der Waals surface area contributed by atoms with Crippen LogP contribution in [0, 0.1) is 11.7 Å². The van der Waals surface area contributed by atoms with Gasteiger partial charge in [0, 0.05) is 12.6 Å². The summed E-state index contributed by atoms with van der Waals surface area (Å²) in [4.78, 5) is 13.4. The van der Waals surface area contributed by atoms with Gasteiger partial charge in [-0.15, -0.1) is 0 Å². The number of benzene rings is 1. The normalized spacial score (nSPS) is 24.4. The van der Waals surface area contributed by atoms with Crippen LogP contribution in [-0.2, 0) is 6.54 Å². The monoisotopic (exact) mass is 265 g/mol. The Morgan fingerprint density at radius 3 is 2.84 bits per heavy atom.